The largest absolute Gasteiger partial charge is 0.469 e. The zero-order valence-corrected chi connectivity index (χ0v) is 22.9. The van der Waals surface area contributed by atoms with Gasteiger partial charge in [0.1, 0.15) is 48.8 Å². The number of hydrogen-bond acceptors (Lipinski definition) is 14. The van der Waals surface area contributed by atoms with Crippen molar-refractivity contribution in [2.24, 2.45) is 0 Å². The van der Waals surface area contributed by atoms with Crippen LogP contribution in [0.15, 0.2) is 24.3 Å². The van der Waals surface area contributed by atoms with E-state index < -0.39 is 86.4 Å². The van der Waals surface area contributed by atoms with Crippen LogP contribution in [-0.4, -0.2) is 142 Å². The second-order valence-corrected chi connectivity index (χ2v) is 10.3. The van der Waals surface area contributed by atoms with E-state index >= 15 is 0 Å². The number of unbranched alkanes of at least 4 members (excludes halogenated alkanes) is 2. The predicted octanol–water partition coefficient (Wildman–Crippen LogP) is -2.34. The van der Waals surface area contributed by atoms with Crippen molar-refractivity contribution in [3.8, 4) is 0 Å². The Bertz CT molecular complexity index is 1070. The Morgan fingerprint density at radius 3 is 2.05 bits per heavy atom. The average Bonchev–Trinajstić information content (AvgIpc) is 3.24. The molecule has 1 aromatic rings. The fraction of sp³-hybridized carbons (Fsp3) is 0.667. The zero-order chi connectivity index (χ0) is 30.6. The average molecular weight is 600 g/mol. The highest BCUT2D eigenvalue weighted by molar-refractivity contribution is 6.21. The molecular weight excluding hydrogens is 562 g/mol. The van der Waals surface area contributed by atoms with Crippen molar-refractivity contribution in [3.63, 3.8) is 0 Å². The lowest BCUT2D eigenvalue weighted by Gasteiger charge is -2.48. The van der Waals surface area contributed by atoms with Crippen LogP contribution >= 0.6 is 0 Å². The van der Waals surface area contributed by atoms with Gasteiger partial charge >= 0.3 is 5.97 Å². The van der Waals surface area contributed by atoms with Crippen LogP contribution in [0, 0.1) is 0 Å². The first-order chi connectivity index (χ1) is 20.1. The number of amides is 2. The number of imide groups is 1. The highest BCUT2D eigenvalue weighted by Gasteiger charge is 2.56. The van der Waals surface area contributed by atoms with Gasteiger partial charge < -0.3 is 54.3 Å². The summed E-state index contributed by atoms with van der Waals surface area (Å²) < 4.78 is 27.5. The third-order valence-electron chi connectivity index (χ3n) is 7.62. The minimum absolute atomic E-state index is 0.0502. The number of aliphatic hydroxyl groups is 6. The maximum absolute atomic E-state index is 13.4. The van der Waals surface area contributed by atoms with Gasteiger partial charge in [-0.05, 0) is 25.0 Å². The summed E-state index contributed by atoms with van der Waals surface area (Å²) in [5.41, 5.74) is 0.207. The molecule has 0 aliphatic carbocycles. The Morgan fingerprint density at radius 2 is 1.45 bits per heavy atom. The van der Waals surface area contributed by atoms with Gasteiger partial charge in [-0.15, -0.1) is 0 Å². The Labute approximate surface area is 241 Å². The van der Waals surface area contributed by atoms with E-state index in [2.05, 4.69) is 4.74 Å². The molecule has 0 radical (unpaired) electrons. The van der Waals surface area contributed by atoms with Gasteiger partial charge in [-0.1, -0.05) is 18.6 Å². The third-order valence-corrected chi connectivity index (χ3v) is 7.62. The van der Waals surface area contributed by atoms with E-state index in [-0.39, 0.29) is 30.1 Å². The Morgan fingerprint density at radius 1 is 0.833 bits per heavy atom. The number of benzene rings is 1. The number of aliphatic hydroxyl groups excluding tert-OH is 6. The molecule has 0 spiro atoms. The maximum atomic E-state index is 13.4. The molecule has 3 aliphatic heterocycles. The lowest BCUT2D eigenvalue weighted by molar-refractivity contribution is -0.351. The summed E-state index contributed by atoms with van der Waals surface area (Å²) in [6.45, 7) is -1.41. The number of fused-ring (bicyclic) bond motifs is 1. The van der Waals surface area contributed by atoms with Crippen LogP contribution in [0.1, 0.15) is 46.4 Å². The molecule has 234 valence electrons. The molecule has 0 bridgehead atoms. The topological polar surface area (TPSA) is 222 Å². The molecule has 0 aromatic heterocycles. The fourth-order valence-corrected chi connectivity index (χ4v) is 5.30. The predicted molar refractivity (Wildman–Crippen MR) is 138 cm³/mol. The second-order valence-electron chi connectivity index (χ2n) is 10.3. The van der Waals surface area contributed by atoms with Crippen LogP contribution in [0.4, 0.5) is 0 Å². The molecule has 0 unspecified atom stereocenters. The van der Waals surface area contributed by atoms with Crippen molar-refractivity contribution in [3.05, 3.63) is 35.4 Å². The molecule has 4 rings (SSSR count). The third kappa shape index (κ3) is 6.50. The van der Waals surface area contributed by atoms with Gasteiger partial charge in [0, 0.05) is 13.0 Å². The first-order valence-corrected chi connectivity index (χ1v) is 13.7. The molecule has 1 aromatic carbocycles. The summed E-state index contributed by atoms with van der Waals surface area (Å²) >= 11 is 0. The SMILES string of the molecule is COC(=O)CCCCCO[C@@H]1O[C@H](CO)[C@@H](O[C@H]2O[C@H](CO)[C@@H](O)[C@H](O)[C@H]2O)[C@H](O)[C@H]1N1C(=O)c2ccccc2C1=O. The summed E-state index contributed by atoms with van der Waals surface area (Å²) in [5.74, 6) is -1.79. The van der Waals surface area contributed by atoms with Crippen molar-refractivity contribution in [2.45, 2.75) is 87.0 Å². The van der Waals surface area contributed by atoms with Crippen LogP contribution in [0.5, 0.6) is 0 Å². The van der Waals surface area contributed by atoms with Crippen molar-refractivity contribution < 1.29 is 68.7 Å². The number of nitrogens with zero attached hydrogens (tertiary/aromatic N) is 1. The van der Waals surface area contributed by atoms with Gasteiger partial charge in [-0.3, -0.25) is 19.3 Å². The minimum atomic E-state index is -1.83. The van der Waals surface area contributed by atoms with E-state index in [0.717, 1.165) is 4.90 Å². The Hall–Kier alpha value is -2.57. The van der Waals surface area contributed by atoms with Crippen molar-refractivity contribution >= 4 is 17.8 Å². The number of methoxy groups -OCH3 is 1. The Kier molecular flexibility index (Phi) is 11.0. The van der Waals surface area contributed by atoms with Gasteiger partial charge in [-0.25, -0.2) is 0 Å². The first-order valence-electron chi connectivity index (χ1n) is 13.7. The molecule has 0 saturated carbocycles. The molecule has 2 fully saturated rings. The van der Waals surface area contributed by atoms with Crippen molar-refractivity contribution in [2.75, 3.05) is 26.9 Å². The van der Waals surface area contributed by atoms with Crippen LogP contribution in [-0.2, 0) is 28.5 Å². The fourth-order valence-electron chi connectivity index (χ4n) is 5.30. The van der Waals surface area contributed by atoms with Gasteiger partial charge in [0.15, 0.2) is 12.6 Å². The van der Waals surface area contributed by atoms with E-state index in [1.54, 1.807) is 12.1 Å². The van der Waals surface area contributed by atoms with Crippen molar-refractivity contribution in [1.82, 2.24) is 4.90 Å². The van der Waals surface area contributed by atoms with Gasteiger partial charge in [0.05, 0.1) is 31.5 Å². The van der Waals surface area contributed by atoms with Crippen LogP contribution in [0.2, 0.25) is 0 Å². The van der Waals surface area contributed by atoms with E-state index in [1.807, 2.05) is 0 Å². The number of carbonyl (C=O) groups is 3. The summed E-state index contributed by atoms with van der Waals surface area (Å²) in [6, 6.07) is 4.60. The minimum Gasteiger partial charge on any atom is -0.469 e. The van der Waals surface area contributed by atoms with Crippen LogP contribution < -0.4 is 0 Å². The quantitative estimate of drug-likeness (QED) is 0.0842. The summed E-state index contributed by atoms with van der Waals surface area (Å²) in [6.07, 6.45) is -12.5. The van der Waals surface area contributed by atoms with E-state index in [9.17, 15) is 45.0 Å². The molecule has 15 heteroatoms. The lowest BCUT2D eigenvalue weighted by Crippen LogP contribution is -2.68. The molecular formula is C27H37NO14. The standard InChI is InChI=1S/C27H37NO14/c1-38-17(31)9-3-2-6-10-39-26-18(28-24(36)13-7-4-5-8-14(13)25(28)37)20(33)23(16(12-30)41-26)42-27-22(35)21(34)19(32)15(11-29)40-27/h4-5,7-8,15-16,18-23,26-27,29-30,32-35H,2-3,6,9-12H2,1H3/t15-,16-,18-,19-,20-,21+,22-,23-,26-,27-/m1/s1. The van der Waals surface area contributed by atoms with Gasteiger partial charge in [-0.2, -0.15) is 0 Å². The van der Waals surface area contributed by atoms with Gasteiger partial charge in [0.25, 0.3) is 11.8 Å². The molecule has 2 saturated heterocycles. The molecule has 2 amide bonds. The molecule has 3 aliphatic rings. The monoisotopic (exact) mass is 599 g/mol. The highest BCUT2D eigenvalue weighted by atomic mass is 16.7. The molecule has 10 atom stereocenters. The summed E-state index contributed by atoms with van der Waals surface area (Å²) in [5, 5.41) is 61.9. The van der Waals surface area contributed by atoms with Crippen LogP contribution in [0.25, 0.3) is 0 Å². The second kappa shape index (κ2) is 14.3. The van der Waals surface area contributed by atoms with Gasteiger partial charge in [0.2, 0.25) is 0 Å². The Balaban J connectivity index is 1.56. The van der Waals surface area contributed by atoms with Crippen LogP contribution in [0.3, 0.4) is 0 Å². The summed E-state index contributed by atoms with van der Waals surface area (Å²) in [7, 11) is 1.29. The normalized spacial score (nSPS) is 34.9. The first kappa shape index (κ1) is 32.3. The number of rotatable bonds is 12. The maximum Gasteiger partial charge on any atom is 0.305 e. The highest BCUT2D eigenvalue weighted by Crippen LogP contribution is 2.35. The molecule has 3 heterocycles. The molecule has 6 N–H and O–H groups in total. The van der Waals surface area contributed by atoms with E-state index in [0.29, 0.717) is 19.3 Å². The van der Waals surface area contributed by atoms with E-state index in [1.165, 1.54) is 19.2 Å². The molecule has 42 heavy (non-hydrogen) atoms. The molecule has 15 nitrogen and oxygen atoms in total. The van der Waals surface area contributed by atoms with E-state index in [4.69, 9.17) is 18.9 Å². The number of hydrogen-bond donors (Lipinski definition) is 6. The lowest BCUT2D eigenvalue weighted by atomic mass is 9.94. The zero-order valence-electron chi connectivity index (χ0n) is 22.9. The number of esters is 1. The van der Waals surface area contributed by atoms with Crippen molar-refractivity contribution in [1.29, 1.82) is 0 Å². The smallest absolute Gasteiger partial charge is 0.305 e. The number of ether oxygens (including phenoxy) is 5. The number of carbonyl (C=O) groups excluding carboxylic acids is 3. The summed E-state index contributed by atoms with van der Waals surface area (Å²) in [4.78, 5) is 38.9.